The number of nitrogens with zero attached hydrogens (tertiary/aromatic N) is 2. The van der Waals surface area contributed by atoms with Gasteiger partial charge in [-0.1, -0.05) is 48.5 Å². The molecule has 3 nitrogen and oxygen atoms in total. The van der Waals surface area contributed by atoms with Gasteiger partial charge in [-0.2, -0.15) is 0 Å². The van der Waals surface area contributed by atoms with Crippen LogP contribution in [0.2, 0.25) is 0 Å². The molecule has 2 aromatic carbocycles. The Bertz CT molecular complexity index is 852. The van der Waals surface area contributed by atoms with E-state index in [2.05, 4.69) is 36.2 Å². The van der Waals surface area contributed by atoms with Crippen molar-refractivity contribution in [3.63, 3.8) is 0 Å². The van der Waals surface area contributed by atoms with Crippen LogP contribution in [0.3, 0.4) is 0 Å². The van der Waals surface area contributed by atoms with Crippen LogP contribution in [0.4, 0.5) is 0 Å². The molecule has 0 unspecified atom stereocenters. The average Bonchev–Trinajstić information content (AvgIpc) is 2.99. The Morgan fingerprint density at radius 1 is 0.955 bits per heavy atom. The molecule has 22 heavy (non-hydrogen) atoms. The van der Waals surface area contributed by atoms with E-state index >= 15 is 0 Å². The highest BCUT2D eigenvalue weighted by molar-refractivity contribution is 6.06. The van der Waals surface area contributed by atoms with E-state index in [1.54, 1.807) is 6.20 Å². The van der Waals surface area contributed by atoms with Crippen molar-refractivity contribution >= 4 is 16.8 Å². The Balaban J connectivity index is 1.82. The molecule has 1 aliphatic heterocycles. The summed E-state index contributed by atoms with van der Waals surface area (Å²) in [6.07, 6.45) is 1.80. The first-order chi connectivity index (χ1) is 10.8. The second-order valence-corrected chi connectivity index (χ2v) is 5.73. The van der Waals surface area contributed by atoms with Gasteiger partial charge < -0.3 is 4.74 Å². The van der Waals surface area contributed by atoms with Gasteiger partial charge in [0.05, 0.1) is 11.1 Å². The molecule has 0 aliphatic carbocycles. The van der Waals surface area contributed by atoms with Gasteiger partial charge in [0.2, 0.25) is 5.90 Å². The van der Waals surface area contributed by atoms with Gasteiger partial charge in [0.25, 0.3) is 0 Å². The molecule has 4 rings (SSSR count). The van der Waals surface area contributed by atoms with Crippen LogP contribution in [-0.2, 0) is 10.3 Å². The Kier molecular flexibility index (Phi) is 2.93. The fraction of sp³-hybridized carbons (Fsp3) is 0.158. The summed E-state index contributed by atoms with van der Waals surface area (Å²) in [6, 6.07) is 20.4. The number of hydrogen-bond acceptors (Lipinski definition) is 3. The first-order valence-corrected chi connectivity index (χ1v) is 7.39. The summed E-state index contributed by atoms with van der Waals surface area (Å²) in [5.41, 5.74) is 2.71. The van der Waals surface area contributed by atoms with E-state index in [1.807, 2.05) is 36.4 Å². The Hall–Kier alpha value is -2.68. The van der Waals surface area contributed by atoms with Crippen molar-refractivity contribution in [2.45, 2.75) is 12.5 Å². The van der Waals surface area contributed by atoms with E-state index in [0.717, 1.165) is 22.0 Å². The van der Waals surface area contributed by atoms with Gasteiger partial charge in [-0.05, 0) is 24.6 Å². The zero-order valence-corrected chi connectivity index (χ0v) is 12.4. The predicted molar refractivity (Wildman–Crippen MR) is 88.0 cm³/mol. The smallest absolute Gasteiger partial charge is 0.219 e. The first-order valence-electron chi connectivity index (χ1n) is 7.39. The molecule has 1 atom stereocenters. The molecule has 1 aliphatic rings. The molecular formula is C19H16N2O. The number of fused-ring (bicyclic) bond motifs is 1. The maximum atomic E-state index is 5.93. The molecule has 0 saturated carbocycles. The maximum absolute atomic E-state index is 5.93. The Morgan fingerprint density at radius 3 is 2.64 bits per heavy atom. The van der Waals surface area contributed by atoms with Gasteiger partial charge in [-0.3, -0.25) is 4.98 Å². The van der Waals surface area contributed by atoms with Crippen molar-refractivity contribution < 1.29 is 4.74 Å². The molecular weight excluding hydrogens is 272 g/mol. The zero-order valence-electron chi connectivity index (χ0n) is 12.4. The minimum Gasteiger partial charge on any atom is -0.474 e. The molecule has 0 radical (unpaired) electrons. The van der Waals surface area contributed by atoms with Crippen LogP contribution in [0.1, 0.15) is 18.1 Å². The number of aliphatic imine (C=N–C) groups is 1. The average molecular weight is 288 g/mol. The van der Waals surface area contributed by atoms with E-state index in [-0.39, 0.29) is 5.54 Å². The van der Waals surface area contributed by atoms with Crippen LogP contribution in [0.5, 0.6) is 0 Å². The van der Waals surface area contributed by atoms with Gasteiger partial charge >= 0.3 is 0 Å². The van der Waals surface area contributed by atoms with Crippen molar-refractivity contribution in [2.24, 2.45) is 4.99 Å². The van der Waals surface area contributed by atoms with E-state index in [1.165, 1.54) is 0 Å². The topological polar surface area (TPSA) is 34.5 Å². The van der Waals surface area contributed by atoms with Gasteiger partial charge in [-0.25, -0.2) is 4.99 Å². The monoisotopic (exact) mass is 288 g/mol. The van der Waals surface area contributed by atoms with Crippen molar-refractivity contribution in [2.75, 3.05) is 6.61 Å². The lowest BCUT2D eigenvalue weighted by molar-refractivity contribution is 0.270. The molecule has 0 bridgehead atoms. The lowest BCUT2D eigenvalue weighted by Gasteiger charge is -2.18. The van der Waals surface area contributed by atoms with E-state index in [9.17, 15) is 0 Å². The summed E-state index contributed by atoms with van der Waals surface area (Å²) in [5, 5.41) is 1.10. The summed E-state index contributed by atoms with van der Waals surface area (Å²) in [6.45, 7) is 2.66. The van der Waals surface area contributed by atoms with Crippen LogP contribution in [-0.4, -0.2) is 17.5 Å². The standard InChI is InChI=1S/C19H16N2O/c1-19(15-9-3-2-4-10-15)13-22-18(21-19)16-11-5-7-14-8-6-12-20-17(14)16/h2-12H,13H2,1H3/t19-/m1/s1. The summed E-state index contributed by atoms with van der Waals surface area (Å²) in [5.74, 6) is 0.677. The van der Waals surface area contributed by atoms with Crippen molar-refractivity contribution in [1.82, 2.24) is 4.98 Å². The third kappa shape index (κ3) is 2.06. The molecule has 0 fully saturated rings. The SMILES string of the molecule is C[C@]1(c2ccccc2)COC(c2cccc3cccnc23)=N1. The van der Waals surface area contributed by atoms with Crippen molar-refractivity contribution in [3.05, 3.63) is 78.0 Å². The fourth-order valence-corrected chi connectivity index (χ4v) is 2.86. The highest BCUT2D eigenvalue weighted by atomic mass is 16.5. The summed E-state index contributed by atoms with van der Waals surface area (Å²) in [7, 11) is 0. The number of para-hydroxylation sites is 1. The van der Waals surface area contributed by atoms with E-state index in [4.69, 9.17) is 9.73 Å². The molecule has 3 aromatic rings. The van der Waals surface area contributed by atoms with Gasteiger partial charge in [-0.15, -0.1) is 0 Å². The maximum Gasteiger partial charge on any atom is 0.219 e. The highest BCUT2D eigenvalue weighted by Gasteiger charge is 2.34. The molecule has 0 spiro atoms. The highest BCUT2D eigenvalue weighted by Crippen LogP contribution is 2.32. The van der Waals surface area contributed by atoms with Crippen LogP contribution in [0.25, 0.3) is 10.9 Å². The lowest BCUT2D eigenvalue weighted by atomic mass is 9.94. The van der Waals surface area contributed by atoms with E-state index < -0.39 is 0 Å². The number of rotatable bonds is 2. The number of aromatic nitrogens is 1. The Labute approximate surface area is 129 Å². The molecule has 0 saturated heterocycles. The van der Waals surface area contributed by atoms with Crippen molar-refractivity contribution in [3.8, 4) is 0 Å². The van der Waals surface area contributed by atoms with Crippen LogP contribution in [0, 0.1) is 0 Å². The van der Waals surface area contributed by atoms with Gasteiger partial charge in [0.1, 0.15) is 12.1 Å². The number of hydrogen-bond donors (Lipinski definition) is 0. The second-order valence-electron chi connectivity index (χ2n) is 5.73. The fourth-order valence-electron chi connectivity index (χ4n) is 2.86. The van der Waals surface area contributed by atoms with Gasteiger partial charge in [0, 0.05) is 11.6 Å². The zero-order chi connectivity index (χ0) is 15.0. The Morgan fingerprint density at radius 2 is 1.77 bits per heavy atom. The lowest BCUT2D eigenvalue weighted by Crippen LogP contribution is -2.20. The van der Waals surface area contributed by atoms with Crippen LogP contribution >= 0.6 is 0 Å². The summed E-state index contributed by atoms with van der Waals surface area (Å²) in [4.78, 5) is 9.35. The van der Waals surface area contributed by atoms with Crippen LogP contribution in [0.15, 0.2) is 71.9 Å². The third-order valence-electron chi connectivity index (χ3n) is 4.10. The summed E-state index contributed by atoms with van der Waals surface area (Å²) < 4.78 is 5.93. The number of pyridine rings is 1. The van der Waals surface area contributed by atoms with E-state index in [0.29, 0.717) is 12.5 Å². The summed E-state index contributed by atoms with van der Waals surface area (Å²) >= 11 is 0. The van der Waals surface area contributed by atoms with Crippen molar-refractivity contribution in [1.29, 1.82) is 0 Å². The number of ether oxygens (including phenoxy) is 1. The van der Waals surface area contributed by atoms with Gasteiger partial charge in [0.15, 0.2) is 0 Å². The molecule has 108 valence electrons. The van der Waals surface area contributed by atoms with Crippen LogP contribution < -0.4 is 0 Å². The third-order valence-corrected chi connectivity index (χ3v) is 4.10. The normalized spacial score (nSPS) is 20.7. The minimum absolute atomic E-state index is 0.340. The molecule has 3 heteroatoms. The second kappa shape index (κ2) is 4.95. The molecule has 0 N–H and O–H groups in total. The molecule has 1 aromatic heterocycles. The molecule has 2 heterocycles. The first kappa shape index (κ1) is 13.0. The predicted octanol–water partition coefficient (Wildman–Crippen LogP) is 3.93. The molecule has 0 amide bonds. The number of benzene rings is 2. The largest absolute Gasteiger partial charge is 0.474 e. The minimum atomic E-state index is -0.340. The quantitative estimate of drug-likeness (QED) is 0.716.